The summed E-state index contributed by atoms with van der Waals surface area (Å²) in [5, 5.41) is 3.42. The minimum atomic E-state index is 0.224. The van der Waals surface area contributed by atoms with Crippen molar-refractivity contribution in [2.45, 2.75) is 33.7 Å². The number of halogens is 1. The summed E-state index contributed by atoms with van der Waals surface area (Å²) in [7, 11) is 2.09. The van der Waals surface area contributed by atoms with Gasteiger partial charge < -0.3 is 15.1 Å². The maximum Gasteiger partial charge on any atom is 0.231 e. The van der Waals surface area contributed by atoms with Crippen molar-refractivity contribution in [2.24, 2.45) is 0 Å². The molecule has 1 aromatic rings. The van der Waals surface area contributed by atoms with Crippen molar-refractivity contribution < 1.29 is 0 Å². The zero-order valence-corrected chi connectivity index (χ0v) is 13.8. The fourth-order valence-corrected chi connectivity index (χ4v) is 1.82. The molecule has 1 aromatic heterocycles. The van der Waals surface area contributed by atoms with Crippen molar-refractivity contribution in [1.29, 1.82) is 0 Å². The summed E-state index contributed by atoms with van der Waals surface area (Å²) < 4.78 is 0. The average Bonchev–Trinajstić information content (AvgIpc) is 2.39. The van der Waals surface area contributed by atoms with Gasteiger partial charge in [0, 0.05) is 32.2 Å². The Labute approximate surface area is 126 Å². The third-order valence-corrected chi connectivity index (χ3v) is 3.44. The third kappa shape index (κ3) is 5.09. The summed E-state index contributed by atoms with van der Waals surface area (Å²) in [6.07, 6.45) is 0. The molecule has 0 unspecified atom stereocenters. The van der Waals surface area contributed by atoms with Crippen LogP contribution in [0.4, 0.5) is 11.9 Å². The molecule has 0 fully saturated rings. The van der Waals surface area contributed by atoms with E-state index in [-0.39, 0.29) is 5.28 Å². The van der Waals surface area contributed by atoms with E-state index in [9.17, 15) is 0 Å². The van der Waals surface area contributed by atoms with Gasteiger partial charge in [0.15, 0.2) is 0 Å². The summed E-state index contributed by atoms with van der Waals surface area (Å²) in [6.45, 7) is 11.8. The largest absolute Gasteiger partial charge is 0.353 e. The molecule has 6 nitrogen and oxygen atoms in total. The Morgan fingerprint density at radius 1 is 1.15 bits per heavy atom. The van der Waals surface area contributed by atoms with Gasteiger partial charge in [-0.25, -0.2) is 0 Å². The van der Waals surface area contributed by atoms with Crippen molar-refractivity contribution in [3.05, 3.63) is 5.28 Å². The molecule has 1 N–H and O–H groups in total. The van der Waals surface area contributed by atoms with E-state index in [4.69, 9.17) is 11.6 Å². The molecule has 0 aliphatic carbocycles. The minimum absolute atomic E-state index is 0.224. The van der Waals surface area contributed by atoms with Gasteiger partial charge >= 0.3 is 0 Å². The Kier molecular flexibility index (Phi) is 6.95. The van der Waals surface area contributed by atoms with Crippen LogP contribution in [0.1, 0.15) is 27.7 Å². The highest BCUT2D eigenvalue weighted by molar-refractivity contribution is 6.28. The molecule has 0 amide bonds. The second kappa shape index (κ2) is 8.21. The van der Waals surface area contributed by atoms with Crippen molar-refractivity contribution in [2.75, 3.05) is 43.4 Å². The Hall–Kier alpha value is -1.14. The van der Waals surface area contributed by atoms with E-state index in [1.54, 1.807) is 0 Å². The lowest BCUT2D eigenvalue weighted by Crippen LogP contribution is -2.31. The van der Waals surface area contributed by atoms with Crippen LogP contribution >= 0.6 is 11.6 Å². The van der Waals surface area contributed by atoms with Crippen molar-refractivity contribution in [3.63, 3.8) is 0 Å². The van der Waals surface area contributed by atoms with Gasteiger partial charge in [0.05, 0.1) is 0 Å². The highest BCUT2D eigenvalue weighted by Crippen LogP contribution is 2.13. The van der Waals surface area contributed by atoms with Crippen LogP contribution in [0, 0.1) is 0 Å². The summed E-state index contributed by atoms with van der Waals surface area (Å²) >= 11 is 5.96. The van der Waals surface area contributed by atoms with E-state index >= 15 is 0 Å². The lowest BCUT2D eigenvalue weighted by atomic mass is 10.3. The standard InChI is InChI=1S/C13H25ClN6/c1-6-20(7-2)13-17-11(14)16-12(18-13)15-8-9-19(5)10(3)4/h10H,6-9H2,1-5H3,(H,15,16,17,18). The smallest absolute Gasteiger partial charge is 0.231 e. The molecule has 114 valence electrons. The molecule has 1 heterocycles. The van der Waals surface area contributed by atoms with Crippen LogP contribution in [0.25, 0.3) is 0 Å². The van der Waals surface area contributed by atoms with Crippen LogP contribution in [0.5, 0.6) is 0 Å². The van der Waals surface area contributed by atoms with Gasteiger partial charge in [-0.05, 0) is 46.3 Å². The van der Waals surface area contributed by atoms with E-state index in [0.29, 0.717) is 17.9 Å². The maximum atomic E-state index is 5.96. The predicted molar refractivity (Wildman–Crippen MR) is 84.7 cm³/mol. The zero-order valence-electron chi connectivity index (χ0n) is 13.0. The number of anilines is 2. The van der Waals surface area contributed by atoms with Crippen LogP contribution in [0.2, 0.25) is 5.28 Å². The fraction of sp³-hybridized carbons (Fsp3) is 0.769. The van der Waals surface area contributed by atoms with Gasteiger partial charge in [0.1, 0.15) is 0 Å². The molecule has 0 saturated heterocycles. The predicted octanol–water partition coefficient (Wildman–Crippen LogP) is 2.12. The molecule has 0 atom stereocenters. The SMILES string of the molecule is CCN(CC)c1nc(Cl)nc(NCCN(C)C(C)C)n1. The van der Waals surface area contributed by atoms with E-state index < -0.39 is 0 Å². The number of likely N-dealkylation sites (N-methyl/N-ethyl adjacent to an activating group) is 1. The number of nitrogens with one attached hydrogen (secondary N) is 1. The molecule has 0 bridgehead atoms. The minimum Gasteiger partial charge on any atom is -0.353 e. The number of nitrogens with zero attached hydrogens (tertiary/aromatic N) is 5. The van der Waals surface area contributed by atoms with Crippen LogP contribution in [-0.2, 0) is 0 Å². The Morgan fingerprint density at radius 2 is 1.80 bits per heavy atom. The van der Waals surface area contributed by atoms with Gasteiger partial charge in [-0.1, -0.05) is 0 Å². The van der Waals surface area contributed by atoms with E-state index in [2.05, 4.69) is 59.9 Å². The van der Waals surface area contributed by atoms with Gasteiger partial charge in [-0.3, -0.25) is 0 Å². The summed E-state index contributed by atoms with van der Waals surface area (Å²) in [5.41, 5.74) is 0. The maximum absolute atomic E-state index is 5.96. The van der Waals surface area contributed by atoms with Crippen LogP contribution in [-0.4, -0.2) is 59.1 Å². The summed E-state index contributed by atoms with van der Waals surface area (Å²) in [4.78, 5) is 17.0. The van der Waals surface area contributed by atoms with E-state index in [0.717, 1.165) is 26.2 Å². The first-order valence-corrected chi connectivity index (χ1v) is 7.46. The highest BCUT2D eigenvalue weighted by Gasteiger charge is 2.10. The Balaban J connectivity index is 2.66. The molecule has 0 spiro atoms. The molecule has 0 radical (unpaired) electrons. The molecule has 20 heavy (non-hydrogen) atoms. The second-order valence-corrected chi connectivity index (χ2v) is 5.24. The Bertz CT molecular complexity index is 408. The van der Waals surface area contributed by atoms with Gasteiger partial charge in [-0.15, -0.1) is 0 Å². The number of hydrogen-bond acceptors (Lipinski definition) is 6. The number of rotatable bonds is 8. The topological polar surface area (TPSA) is 57.2 Å². The monoisotopic (exact) mass is 300 g/mol. The van der Waals surface area contributed by atoms with Crippen molar-refractivity contribution in [3.8, 4) is 0 Å². The molecule has 0 aliphatic heterocycles. The quantitative estimate of drug-likeness (QED) is 0.794. The van der Waals surface area contributed by atoms with Gasteiger partial charge in [-0.2, -0.15) is 15.0 Å². The molecule has 7 heteroatoms. The first kappa shape index (κ1) is 16.9. The van der Waals surface area contributed by atoms with Crippen LogP contribution < -0.4 is 10.2 Å². The lowest BCUT2D eigenvalue weighted by molar-refractivity contribution is 0.284. The van der Waals surface area contributed by atoms with Crippen LogP contribution in [0.15, 0.2) is 0 Å². The second-order valence-electron chi connectivity index (χ2n) is 4.90. The lowest BCUT2D eigenvalue weighted by Gasteiger charge is -2.21. The molecule has 0 saturated carbocycles. The summed E-state index contributed by atoms with van der Waals surface area (Å²) in [5.74, 6) is 1.15. The van der Waals surface area contributed by atoms with Gasteiger partial charge in [0.25, 0.3) is 0 Å². The number of aromatic nitrogens is 3. The fourth-order valence-electron chi connectivity index (χ4n) is 1.67. The Morgan fingerprint density at radius 3 is 2.35 bits per heavy atom. The first-order valence-electron chi connectivity index (χ1n) is 7.08. The van der Waals surface area contributed by atoms with Crippen LogP contribution in [0.3, 0.4) is 0 Å². The van der Waals surface area contributed by atoms with Crippen molar-refractivity contribution in [1.82, 2.24) is 19.9 Å². The van der Waals surface area contributed by atoms with E-state index in [1.165, 1.54) is 0 Å². The first-order chi connectivity index (χ1) is 9.47. The molecule has 0 aliphatic rings. The van der Waals surface area contributed by atoms with E-state index in [1.807, 2.05) is 4.90 Å². The molecule has 0 aromatic carbocycles. The molecule has 1 rings (SSSR count). The molecular formula is C13H25ClN6. The zero-order chi connectivity index (χ0) is 15.1. The average molecular weight is 301 g/mol. The molecular weight excluding hydrogens is 276 g/mol. The van der Waals surface area contributed by atoms with Gasteiger partial charge in [0.2, 0.25) is 17.2 Å². The third-order valence-electron chi connectivity index (χ3n) is 3.27. The normalized spacial score (nSPS) is 11.2. The number of hydrogen-bond donors (Lipinski definition) is 1. The summed E-state index contributed by atoms with van der Waals surface area (Å²) in [6, 6.07) is 0.519. The van der Waals surface area contributed by atoms with Crippen molar-refractivity contribution >= 4 is 23.5 Å². The highest BCUT2D eigenvalue weighted by atomic mass is 35.5.